The van der Waals surface area contributed by atoms with E-state index in [2.05, 4.69) is 17.3 Å². The van der Waals surface area contributed by atoms with Crippen molar-refractivity contribution in [2.45, 2.75) is 38.0 Å². The predicted octanol–water partition coefficient (Wildman–Crippen LogP) is 0.369. The number of ether oxygens (including phenoxy) is 2. The van der Waals surface area contributed by atoms with Gasteiger partial charge in [-0.25, -0.2) is 8.42 Å². The zero-order valence-electron chi connectivity index (χ0n) is 13.6. The molecule has 2 fully saturated rings. The Morgan fingerprint density at radius 3 is 2.78 bits per heavy atom. The van der Waals surface area contributed by atoms with Gasteiger partial charge in [0.1, 0.15) is 15.9 Å². The maximum Gasteiger partial charge on any atom is 0.157 e. The normalized spacial score (nSPS) is 29.5. The molecule has 0 spiro atoms. The van der Waals surface area contributed by atoms with Crippen molar-refractivity contribution >= 4 is 9.84 Å². The number of rotatable bonds is 5. The van der Waals surface area contributed by atoms with Crippen LogP contribution >= 0.6 is 0 Å². The molecule has 2 aliphatic heterocycles. The van der Waals surface area contributed by atoms with Crippen molar-refractivity contribution in [1.82, 2.24) is 15.1 Å². The van der Waals surface area contributed by atoms with E-state index in [9.17, 15) is 8.42 Å². The van der Waals surface area contributed by atoms with Crippen LogP contribution in [0.3, 0.4) is 0 Å². The van der Waals surface area contributed by atoms with Crippen molar-refractivity contribution in [2.24, 2.45) is 13.0 Å². The van der Waals surface area contributed by atoms with Gasteiger partial charge in [0.15, 0.2) is 5.75 Å². The first-order chi connectivity index (χ1) is 10.9. The molecule has 0 bridgehead atoms. The summed E-state index contributed by atoms with van der Waals surface area (Å²) in [5.74, 6) is 1.74. The number of aryl methyl sites for hydroxylation is 1. The van der Waals surface area contributed by atoms with Gasteiger partial charge in [-0.15, -0.1) is 0 Å². The van der Waals surface area contributed by atoms with Crippen molar-refractivity contribution in [1.29, 1.82) is 0 Å². The Hall–Kier alpha value is -1.12. The third kappa shape index (κ3) is 4.24. The molecule has 1 aromatic rings. The zero-order chi connectivity index (χ0) is 16.4. The molecule has 2 aliphatic rings. The van der Waals surface area contributed by atoms with E-state index in [4.69, 9.17) is 9.47 Å². The molecular weight excluding hydrogens is 318 g/mol. The van der Waals surface area contributed by atoms with Crippen LogP contribution in [0.2, 0.25) is 0 Å². The van der Waals surface area contributed by atoms with Gasteiger partial charge in [0.05, 0.1) is 43.2 Å². The predicted molar refractivity (Wildman–Crippen MR) is 86.2 cm³/mol. The largest absolute Gasteiger partial charge is 0.483 e. The second-order valence-electron chi connectivity index (χ2n) is 6.59. The maximum absolute atomic E-state index is 11.6. The van der Waals surface area contributed by atoms with Crippen LogP contribution in [0.5, 0.6) is 5.75 Å². The van der Waals surface area contributed by atoms with Gasteiger partial charge in [-0.1, -0.05) is 0 Å². The topological polar surface area (TPSA) is 82.4 Å². The zero-order valence-corrected chi connectivity index (χ0v) is 14.5. The van der Waals surface area contributed by atoms with Crippen LogP contribution in [0.15, 0.2) is 12.4 Å². The van der Waals surface area contributed by atoms with Crippen molar-refractivity contribution in [3.05, 3.63) is 12.4 Å². The first kappa shape index (κ1) is 16.7. The molecule has 0 amide bonds. The van der Waals surface area contributed by atoms with Crippen LogP contribution in [-0.4, -0.2) is 61.1 Å². The molecule has 23 heavy (non-hydrogen) atoms. The quantitative estimate of drug-likeness (QED) is 0.832. The fourth-order valence-electron chi connectivity index (χ4n) is 3.32. The van der Waals surface area contributed by atoms with Crippen LogP contribution in [-0.2, 0) is 21.6 Å². The third-order valence-electron chi connectivity index (χ3n) is 4.78. The first-order valence-corrected chi connectivity index (χ1v) is 9.94. The van der Waals surface area contributed by atoms with E-state index < -0.39 is 9.84 Å². The van der Waals surface area contributed by atoms with Crippen LogP contribution in [0.25, 0.3) is 0 Å². The van der Waals surface area contributed by atoms with E-state index in [-0.39, 0.29) is 18.2 Å². The van der Waals surface area contributed by atoms with Gasteiger partial charge in [0, 0.05) is 13.1 Å². The Bertz CT molecular complexity index is 616. The van der Waals surface area contributed by atoms with Crippen LogP contribution in [0.1, 0.15) is 19.8 Å². The fourth-order valence-corrected chi connectivity index (χ4v) is 4.85. The van der Waals surface area contributed by atoms with E-state index in [1.165, 1.54) is 0 Å². The molecule has 130 valence electrons. The van der Waals surface area contributed by atoms with Gasteiger partial charge in [-0.05, 0) is 25.7 Å². The minimum absolute atomic E-state index is 0.0472. The lowest BCUT2D eigenvalue weighted by Gasteiger charge is -2.31. The minimum atomic E-state index is -2.81. The summed E-state index contributed by atoms with van der Waals surface area (Å²) < 4.78 is 36.3. The molecule has 3 rings (SSSR count). The Balaban J connectivity index is 1.54. The van der Waals surface area contributed by atoms with Gasteiger partial charge in [0.2, 0.25) is 0 Å². The summed E-state index contributed by atoms with van der Waals surface area (Å²) in [5, 5.41) is 7.69. The minimum Gasteiger partial charge on any atom is -0.483 e. The van der Waals surface area contributed by atoms with E-state index in [0.29, 0.717) is 30.6 Å². The lowest BCUT2D eigenvalue weighted by Crippen LogP contribution is -2.49. The SMILES string of the molecule is CC(N[C@H]1COC[C@H]1Oc1cnn(C)c1)C1CCS(=O)(=O)CC1. The molecule has 1 N–H and O–H groups in total. The van der Waals surface area contributed by atoms with E-state index >= 15 is 0 Å². The summed E-state index contributed by atoms with van der Waals surface area (Å²) in [6, 6.07) is 0.362. The molecular formula is C15H25N3O4S. The van der Waals surface area contributed by atoms with Crippen molar-refractivity contribution in [3.63, 3.8) is 0 Å². The molecule has 8 heteroatoms. The highest BCUT2D eigenvalue weighted by Crippen LogP contribution is 2.24. The second kappa shape index (κ2) is 6.78. The molecule has 0 radical (unpaired) electrons. The van der Waals surface area contributed by atoms with Gasteiger partial charge in [-0.3, -0.25) is 4.68 Å². The van der Waals surface area contributed by atoms with Gasteiger partial charge < -0.3 is 14.8 Å². The molecule has 1 aromatic heterocycles. The lowest BCUT2D eigenvalue weighted by atomic mass is 9.94. The Labute approximate surface area is 137 Å². The fraction of sp³-hybridized carbons (Fsp3) is 0.800. The van der Waals surface area contributed by atoms with Gasteiger partial charge >= 0.3 is 0 Å². The Morgan fingerprint density at radius 1 is 1.39 bits per heavy atom. The molecule has 0 saturated carbocycles. The van der Waals surface area contributed by atoms with Crippen molar-refractivity contribution in [2.75, 3.05) is 24.7 Å². The van der Waals surface area contributed by atoms with Crippen LogP contribution < -0.4 is 10.1 Å². The molecule has 2 saturated heterocycles. The highest BCUT2D eigenvalue weighted by molar-refractivity contribution is 7.91. The molecule has 3 heterocycles. The summed E-state index contributed by atoms with van der Waals surface area (Å²) >= 11 is 0. The highest BCUT2D eigenvalue weighted by atomic mass is 32.2. The Kier molecular flexibility index (Phi) is 4.93. The third-order valence-corrected chi connectivity index (χ3v) is 6.50. The highest BCUT2D eigenvalue weighted by Gasteiger charge is 2.34. The van der Waals surface area contributed by atoms with Crippen molar-refractivity contribution < 1.29 is 17.9 Å². The molecule has 0 aliphatic carbocycles. The summed E-state index contributed by atoms with van der Waals surface area (Å²) in [4.78, 5) is 0. The van der Waals surface area contributed by atoms with E-state index in [0.717, 1.165) is 18.6 Å². The molecule has 3 atom stereocenters. The molecule has 1 unspecified atom stereocenters. The average Bonchev–Trinajstić information content (AvgIpc) is 3.09. The van der Waals surface area contributed by atoms with Gasteiger partial charge in [0.25, 0.3) is 0 Å². The molecule has 0 aromatic carbocycles. The summed E-state index contributed by atoms with van der Waals surface area (Å²) in [6.07, 6.45) is 4.96. The summed E-state index contributed by atoms with van der Waals surface area (Å²) in [5.41, 5.74) is 0. The number of sulfone groups is 1. The van der Waals surface area contributed by atoms with Crippen molar-refractivity contribution in [3.8, 4) is 5.75 Å². The number of aromatic nitrogens is 2. The maximum atomic E-state index is 11.6. The molecule has 7 nitrogen and oxygen atoms in total. The summed E-state index contributed by atoms with van der Waals surface area (Å²) in [6.45, 7) is 3.29. The van der Waals surface area contributed by atoms with Crippen LogP contribution in [0, 0.1) is 5.92 Å². The smallest absolute Gasteiger partial charge is 0.157 e. The van der Waals surface area contributed by atoms with Gasteiger partial charge in [-0.2, -0.15) is 5.10 Å². The second-order valence-corrected chi connectivity index (χ2v) is 8.90. The lowest BCUT2D eigenvalue weighted by molar-refractivity contribution is 0.137. The number of hydrogen-bond donors (Lipinski definition) is 1. The first-order valence-electron chi connectivity index (χ1n) is 8.12. The van der Waals surface area contributed by atoms with E-state index in [1.807, 2.05) is 13.2 Å². The Morgan fingerprint density at radius 2 is 2.13 bits per heavy atom. The summed E-state index contributed by atoms with van der Waals surface area (Å²) in [7, 11) is -0.958. The average molecular weight is 343 g/mol. The van der Waals surface area contributed by atoms with E-state index in [1.54, 1.807) is 10.9 Å². The number of nitrogens with one attached hydrogen (secondary N) is 1. The van der Waals surface area contributed by atoms with Crippen LogP contribution in [0.4, 0.5) is 0 Å². The monoisotopic (exact) mass is 343 g/mol. The number of nitrogens with zero attached hydrogens (tertiary/aromatic N) is 2. The standard InChI is InChI=1S/C15H25N3O4S/c1-11(12-3-5-23(19,20)6-4-12)17-14-9-21-10-15(14)22-13-7-16-18(2)8-13/h7-8,11-12,14-15,17H,3-6,9-10H2,1-2H3/t11?,14-,15+/m0/s1. The number of hydrogen-bond acceptors (Lipinski definition) is 6.